The normalized spacial score (nSPS) is 10.9. The Labute approximate surface area is 144 Å². The number of aromatic nitrogens is 3. The summed E-state index contributed by atoms with van der Waals surface area (Å²) < 4.78 is 13.4. The molecule has 0 bridgehead atoms. The third kappa shape index (κ3) is 3.35. The summed E-state index contributed by atoms with van der Waals surface area (Å²) in [6.45, 7) is 0.739. The van der Waals surface area contributed by atoms with Gasteiger partial charge < -0.3 is 10.3 Å². The van der Waals surface area contributed by atoms with Gasteiger partial charge in [-0.05, 0) is 30.2 Å². The maximum atomic E-state index is 13.4. The molecular formula is C20H17FN4. The Bertz CT molecular complexity index is 1010. The average Bonchev–Trinajstić information content (AvgIpc) is 3.05. The maximum absolute atomic E-state index is 13.4. The fourth-order valence-electron chi connectivity index (χ4n) is 2.90. The number of nitrogens with zero attached hydrogens (tertiary/aromatic N) is 2. The highest BCUT2D eigenvalue weighted by molar-refractivity contribution is 5.83. The number of hydrogen-bond donors (Lipinski definition) is 2. The molecule has 4 nitrogen and oxygen atoms in total. The summed E-state index contributed by atoms with van der Waals surface area (Å²) in [5.74, 6) is 0.401. The molecular weight excluding hydrogens is 315 g/mol. The van der Waals surface area contributed by atoms with Crippen LogP contribution < -0.4 is 5.32 Å². The summed E-state index contributed by atoms with van der Waals surface area (Å²) in [5, 5.41) is 4.53. The van der Waals surface area contributed by atoms with Crippen molar-refractivity contribution in [2.24, 2.45) is 0 Å². The van der Waals surface area contributed by atoms with Gasteiger partial charge in [-0.3, -0.25) is 4.98 Å². The Kier molecular flexibility index (Phi) is 4.12. The van der Waals surface area contributed by atoms with E-state index in [1.54, 1.807) is 18.5 Å². The van der Waals surface area contributed by atoms with Gasteiger partial charge in [-0.2, -0.15) is 0 Å². The number of nitrogens with one attached hydrogen (secondary N) is 2. The van der Waals surface area contributed by atoms with Gasteiger partial charge in [-0.15, -0.1) is 0 Å². The van der Waals surface area contributed by atoms with Gasteiger partial charge in [0.1, 0.15) is 11.6 Å². The molecule has 4 rings (SSSR count). The predicted octanol–water partition coefficient (Wildman–Crippen LogP) is 4.42. The Morgan fingerprint density at radius 1 is 1.04 bits per heavy atom. The smallest absolute Gasteiger partial charge is 0.145 e. The average molecular weight is 332 g/mol. The third-order valence-electron chi connectivity index (χ3n) is 4.13. The van der Waals surface area contributed by atoms with Crippen molar-refractivity contribution in [2.75, 3.05) is 11.9 Å². The Morgan fingerprint density at radius 2 is 1.96 bits per heavy atom. The minimum absolute atomic E-state index is 0.281. The minimum Gasteiger partial charge on any atom is -0.368 e. The van der Waals surface area contributed by atoms with Crippen LogP contribution in [0.1, 0.15) is 5.56 Å². The highest BCUT2D eigenvalue weighted by Crippen LogP contribution is 2.20. The number of fused-ring (bicyclic) bond motifs is 1. The molecule has 2 heterocycles. The van der Waals surface area contributed by atoms with E-state index >= 15 is 0 Å². The highest BCUT2D eigenvalue weighted by atomic mass is 19.1. The molecule has 0 atom stereocenters. The Hall–Kier alpha value is -3.21. The molecule has 4 aromatic rings. The number of halogens is 1. The second-order valence-electron chi connectivity index (χ2n) is 5.84. The van der Waals surface area contributed by atoms with E-state index in [1.807, 2.05) is 24.4 Å². The van der Waals surface area contributed by atoms with E-state index in [1.165, 1.54) is 23.1 Å². The van der Waals surface area contributed by atoms with Crippen LogP contribution in [0, 0.1) is 5.82 Å². The first kappa shape index (κ1) is 15.3. The molecule has 0 amide bonds. The Morgan fingerprint density at radius 3 is 2.88 bits per heavy atom. The van der Waals surface area contributed by atoms with Gasteiger partial charge >= 0.3 is 0 Å². The number of anilines is 1. The first-order chi connectivity index (χ1) is 12.3. The lowest BCUT2D eigenvalue weighted by molar-refractivity contribution is 0.628. The standard InChI is InChI=1S/C20H17FN4/c21-16-5-3-4-14(10-16)19-12-22-13-20(25-19)23-9-8-15-11-24-18-7-2-1-6-17(15)18/h1-7,10-13,24H,8-9H2,(H,23,25). The zero-order chi connectivity index (χ0) is 17.1. The van der Waals surface area contributed by atoms with E-state index in [9.17, 15) is 4.39 Å². The topological polar surface area (TPSA) is 53.6 Å². The van der Waals surface area contributed by atoms with Crippen LogP contribution in [0.2, 0.25) is 0 Å². The maximum Gasteiger partial charge on any atom is 0.145 e. The van der Waals surface area contributed by atoms with Crippen LogP contribution in [0.3, 0.4) is 0 Å². The fraction of sp³-hybridized carbons (Fsp3) is 0.100. The van der Waals surface area contributed by atoms with Crippen LogP contribution in [0.5, 0.6) is 0 Å². The number of benzene rings is 2. The lowest BCUT2D eigenvalue weighted by Crippen LogP contribution is -2.06. The van der Waals surface area contributed by atoms with Crippen molar-refractivity contribution in [2.45, 2.75) is 6.42 Å². The van der Waals surface area contributed by atoms with Crippen molar-refractivity contribution in [1.82, 2.24) is 15.0 Å². The van der Waals surface area contributed by atoms with Crippen LogP contribution in [-0.2, 0) is 6.42 Å². The molecule has 0 saturated carbocycles. The van der Waals surface area contributed by atoms with Gasteiger partial charge in [-0.25, -0.2) is 9.37 Å². The van der Waals surface area contributed by atoms with E-state index in [0.717, 1.165) is 18.5 Å². The number of aromatic amines is 1. The number of hydrogen-bond acceptors (Lipinski definition) is 3. The molecule has 25 heavy (non-hydrogen) atoms. The fourth-order valence-corrected chi connectivity index (χ4v) is 2.90. The molecule has 0 spiro atoms. The second-order valence-corrected chi connectivity index (χ2v) is 5.84. The van der Waals surface area contributed by atoms with E-state index in [0.29, 0.717) is 17.1 Å². The van der Waals surface area contributed by atoms with Gasteiger partial charge in [0.25, 0.3) is 0 Å². The van der Waals surface area contributed by atoms with Crippen molar-refractivity contribution in [1.29, 1.82) is 0 Å². The molecule has 2 N–H and O–H groups in total. The van der Waals surface area contributed by atoms with Crippen LogP contribution in [0.4, 0.5) is 10.2 Å². The van der Waals surface area contributed by atoms with Crippen molar-refractivity contribution >= 4 is 16.7 Å². The summed E-state index contributed by atoms with van der Waals surface area (Å²) in [4.78, 5) is 12.0. The molecule has 0 saturated heterocycles. The number of rotatable bonds is 5. The van der Waals surface area contributed by atoms with Crippen LogP contribution in [0.15, 0.2) is 67.1 Å². The number of H-pyrrole nitrogens is 1. The molecule has 0 aliphatic rings. The lowest BCUT2D eigenvalue weighted by Gasteiger charge is -2.07. The van der Waals surface area contributed by atoms with Crippen molar-refractivity contribution in [3.8, 4) is 11.3 Å². The van der Waals surface area contributed by atoms with Gasteiger partial charge in [0.2, 0.25) is 0 Å². The second kappa shape index (κ2) is 6.73. The summed E-state index contributed by atoms with van der Waals surface area (Å²) in [6.07, 6.45) is 6.23. The van der Waals surface area contributed by atoms with Crippen LogP contribution in [0.25, 0.3) is 22.2 Å². The van der Waals surface area contributed by atoms with E-state index in [4.69, 9.17) is 0 Å². The van der Waals surface area contributed by atoms with Crippen LogP contribution >= 0.6 is 0 Å². The third-order valence-corrected chi connectivity index (χ3v) is 4.13. The van der Waals surface area contributed by atoms with Crippen molar-refractivity contribution < 1.29 is 4.39 Å². The first-order valence-corrected chi connectivity index (χ1v) is 8.16. The molecule has 2 aromatic carbocycles. The van der Waals surface area contributed by atoms with Crippen molar-refractivity contribution in [3.05, 3.63) is 78.5 Å². The van der Waals surface area contributed by atoms with E-state index < -0.39 is 0 Å². The predicted molar refractivity (Wildman–Crippen MR) is 97.9 cm³/mol. The number of para-hydroxylation sites is 1. The quantitative estimate of drug-likeness (QED) is 0.569. The van der Waals surface area contributed by atoms with E-state index in [2.05, 4.69) is 32.4 Å². The molecule has 0 radical (unpaired) electrons. The molecule has 124 valence electrons. The zero-order valence-electron chi connectivity index (χ0n) is 13.5. The largest absolute Gasteiger partial charge is 0.368 e. The summed E-state index contributed by atoms with van der Waals surface area (Å²) >= 11 is 0. The highest BCUT2D eigenvalue weighted by Gasteiger charge is 2.05. The van der Waals surface area contributed by atoms with Gasteiger partial charge in [0.15, 0.2) is 0 Å². The van der Waals surface area contributed by atoms with Gasteiger partial charge in [-0.1, -0.05) is 30.3 Å². The Balaban J connectivity index is 1.46. The summed E-state index contributed by atoms with van der Waals surface area (Å²) in [5.41, 5.74) is 3.77. The SMILES string of the molecule is Fc1cccc(-c2cncc(NCCc3c[nH]c4ccccc34)n2)c1. The van der Waals surface area contributed by atoms with E-state index in [-0.39, 0.29) is 5.82 Å². The molecule has 0 aliphatic carbocycles. The minimum atomic E-state index is -0.281. The zero-order valence-corrected chi connectivity index (χ0v) is 13.5. The summed E-state index contributed by atoms with van der Waals surface area (Å²) in [6, 6.07) is 14.6. The molecule has 5 heteroatoms. The molecule has 0 fully saturated rings. The van der Waals surface area contributed by atoms with Gasteiger partial charge in [0, 0.05) is 29.2 Å². The monoisotopic (exact) mass is 332 g/mol. The molecule has 2 aromatic heterocycles. The van der Waals surface area contributed by atoms with Crippen molar-refractivity contribution in [3.63, 3.8) is 0 Å². The summed E-state index contributed by atoms with van der Waals surface area (Å²) in [7, 11) is 0. The molecule has 0 aliphatic heterocycles. The van der Waals surface area contributed by atoms with Gasteiger partial charge in [0.05, 0.1) is 18.1 Å². The van der Waals surface area contributed by atoms with Crippen LogP contribution in [-0.4, -0.2) is 21.5 Å². The molecule has 0 unspecified atom stereocenters. The lowest BCUT2D eigenvalue weighted by atomic mass is 10.1. The first-order valence-electron chi connectivity index (χ1n) is 8.16.